The van der Waals surface area contributed by atoms with Gasteiger partial charge >= 0.3 is 5.24 Å². The first kappa shape index (κ1) is 7.69. The van der Waals surface area contributed by atoms with E-state index in [4.69, 9.17) is 0 Å². The van der Waals surface area contributed by atoms with Crippen LogP contribution in [0.15, 0.2) is 0 Å². The maximum atomic E-state index is 10.2. The predicted octanol–water partition coefficient (Wildman–Crippen LogP) is 1.69. The molecule has 0 rings (SSSR count). The van der Waals surface area contributed by atoms with Gasteiger partial charge in [-0.15, -0.1) is 0 Å². The van der Waals surface area contributed by atoms with Gasteiger partial charge in [-0.25, -0.2) is 0 Å². The van der Waals surface area contributed by atoms with Crippen molar-refractivity contribution in [3.8, 4) is 0 Å². The van der Waals surface area contributed by atoms with Crippen LogP contribution in [0.3, 0.4) is 0 Å². The Hall–Kier alpha value is -0.310. The molecule has 0 saturated carbocycles. The van der Waals surface area contributed by atoms with E-state index in [2.05, 4.69) is 17.9 Å². The van der Waals surface area contributed by atoms with Crippen LogP contribution in [-0.4, -0.2) is 10.8 Å². The Kier molecular flexibility index (Phi) is 2.22. The van der Waals surface area contributed by atoms with Crippen molar-refractivity contribution < 1.29 is 4.79 Å². The van der Waals surface area contributed by atoms with Crippen LogP contribution in [0.1, 0.15) is 20.8 Å². The Labute approximate surface area is 55.1 Å². The molecule has 0 saturated heterocycles. The van der Waals surface area contributed by atoms with E-state index < -0.39 is 5.24 Å². The third-order valence-corrected chi connectivity index (χ3v) is 0.579. The highest BCUT2D eigenvalue weighted by molar-refractivity contribution is 7.96. The first-order valence-corrected chi connectivity index (χ1v) is 2.82. The lowest BCUT2D eigenvalue weighted by Gasteiger charge is -2.17. The number of carbonyl (C=O) groups is 1. The van der Waals surface area contributed by atoms with Crippen LogP contribution in [0.2, 0.25) is 0 Å². The fraction of sp³-hybridized carbons (Fsp3) is 0.800. The fourth-order valence-corrected chi connectivity index (χ4v) is 0.612. The zero-order valence-corrected chi connectivity index (χ0v) is 6.13. The molecule has 1 radical (unpaired) electrons. The van der Waals surface area contributed by atoms with Crippen molar-refractivity contribution in [1.82, 2.24) is 5.32 Å². The maximum Gasteiger partial charge on any atom is 0.310 e. The molecule has 2 nitrogen and oxygen atoms in total. The number of hydrogen-bond acceptors (Lipinski definition) is 1. The minimum absolute atomic E-state index is 0.182. The molecule has 8 heavy (non-hydrogen) atoms. The molecule has 0 aliphatic heterocycles. The van der Waals surface area contributed by atoms with Gasteiger partial charge in [0, 0.05) is 5.54 Å². The Balaban J connectivity index is 3.55. The molecule has 0 aromatic heterocycles. The summed E-state index contributed by atoms with van der Waals surface area (Å²) in [5, 5.41) is 2.17. The van der Waals surface area contributed by atoms with Crippen LogP contribution < -0.4 is 5.32 Å². The molecule has 0 aromatic rings. The third-order valence-electron chi connectivity index (χ3n) is 0.477. The SMILES string of the molecule is CC(C)(C)NC(=O)[S]. The zero-order chi connectivity index (χ0) is 6.78. The van der Waals surface area contributed by atoms with Crippen molar-refractivity contribution in [2.24, 2.45) is 0 Å². The second-order valence-corrected chi connectivity index (χ2v) is 3.03. The van der Waals surface area contributed by atoms with E-state index in [0.717, 1.165) is 0 Å². The lowest BCUT2D eigenvalue weighted by molar-refractivity contribution is 0.253. The van der Waals surface area contributed by atoms with Gasteiger partial charge in [-0.1, -0.05) is 0 Å². The molecule has 0 aliphatic rings. The first-order chi connectivity index (χ1) is 3.42. The van der Waals surface area contributed by atoms with Gasteiger partial charge < -0.3 is 5.32 Å². The Morgan fingerprint density at radius 2 is 1.88 bits per heavy atom. The average Bonchev–Trinajstić information content (AvgIpc) is 1.21. The van der Waals surface area contributed by atoms with Gasteiger partial charge in [0.15, 0.2) is 0 Å². The largest absolute Gasteiger partial charge is 0.339 e. The summed E-state index contributed by atoms with van der Waals surface area (Å²) in [5.74, 6) is 0. The van der Waals surface area contributed by atoms with Crippen LogP contribution in [0.5, 0.6) is 0 Å². The Bertz CT molecular complexity index is 95.1. The van der Waals surface area contributed by atoms with E-state index >= 15 is 0 Å². The van der Waals surface area contributed by atoms with E-state index in [1.54, 1.807) is 0 Å². The lowest BCUT2D eigenvalue weighted by Crippen LogP contribution is -2.37. The fourth-order valence-electron chi connectivity index (χ4n) is 0.306. The van der Waals surface area contributed by atoms with Crippen LogP contribution in [-0.2, 0) is 0 Å². The highest BCUT2D eigenvalue weighted by Crippen LogP contribution is 1.98. The van der Waals surface area contributed by atoms with E-state index in [9.17, 15) is 4.79 Å². The van der Waals surface area contributed by atoms with Crippen molar-refractivity contribution >= 4 is 17.9 Å². The van der Waals surface area contributed by atoms with E-state index in [1.165, 1.54) is 0 Å². The number of nitrogens with one attached hydrogen (secondary N) is 1. The highest BCUT2D eigenvalue weighted by Gasteiger charge is 2.10. The number of hydrogen-bond donors (Lipinski definition) is 1. The van der Waals surface area contributed by atoms with Crippen molar-refractivity contribution in [2.75, 3.05) is 0 Å². The molecule has 1 amide bonds. The van der Waals surface area contributed by atoms with Gasteiger partial charge in [0.25, 0.3) is 0 Å². The molecule has 0 atom stereocenters. The molecular weight excluding hydrogens is 122 g/mol. The second-order valence-electron chi connectivity index (χ2n) is 2.66. The van der Waals surface area contributed by atoms with Crippen LogP contribution in [0.4, 0.5) is 4.79 Å². The third kappa shape index (κ3) is 5.69. The maximum absolute atomic E-state index is 10.2. The monoisotopic (exact) mass is 132 g/mol. The quantitative estimate of drug-likeness (QED) is 0.534. The van der Waals surface area contributed by atoms with E-state index in [-0.39, 0.29) is 5.54 Å². The summed E-state index contributed by atoms with van der Waals surface area (Å²) < 4.78 is 0. The Morgan fingerprint density at radius 1 is 1.50 bits per heavy atom. The molecule has 3 heteroatoms. The summed E-state index contributed by atoms with van der Waals surface area (Å²) in [6.07, 6.45) is 0. The standard InChI is InChI=1S/C5H10NOS/c1-5(2,3)6-4(7)8/h1-3H3,(H,6,7). The summed E-state index contributed by atoms with van der Waals surface area (Å²) in [7, 11) is 0. The molecule has 0 aliphatic carbocycles. The smallest absolute Gasteiger partial charge is 0.310 e. The van der Waals surface area contributed by atoms with Crippen molar-refractivity contribution in [3.63, 3.8) is 0 Å². The molecule has 1 N–H and O–H groups in total. The normalized spacial score (nSPS) is 10.9. The highest BCUT2D eigenvalue weighted by atomic mass is 32.1. The molecule has 47 valence electrons. The van der Waals surface area contributed by atoms with Crippen molar-refractivity contribution in [3.05, 3.63) is 0 Å². The van der Waals surface area contributed by atoms with Gasteiger partial charge in [0.2, 0.25) is 0 Å². The van der Waals surface area contributed by atoms with Gasteiger partial charge in [0.1, 0.15) is 0 Å². The summed E-state index contributed by atoms with van der Waals surface area (Å²) in [5.41, 5.74) is -0.182. The average molecular weight is 132 g/mol. The second kappa shape index (κ2) is 2.31. The summed E-state index contributed by atoms with van der Waals surface area (Å²) in [4.78, 5) is 10.2. The number of carbonyl (C=O) groups excluding carboxylic acids is 1. The Morgan fingerprint density at radius 3 is 1.88 bits per heavy atom. The van der Waals surface area contributed by atoms with Crippen LogP contribution in [0.25, 0.3) is 0 Å². The zero-order valence-electron chi connectivity index (χ0n) is 5.32. The molecule has 0 spiro atoms. The van der Waals surface area contributed by atoms with Crippen LogP contribution in [0, 0.1) is 0 Å². The molecule has 0 unspecified atom stereocenters. The lowest BCUT2D eigenvalue weighted by atomic mass is 10.1. The predicted molar refractivity (Wildman–Crippen MR) is 35.9 cm³/mol. The molecule has 0 aromatic carbocycles. The first-order valence-electron chi connectivity index (χ1n) is 2.41. The molecule has 0 bridgehead atoms. The van der Waals surface area contributed by atoms with Gasteiger partial charge in [-0.2, -0.15) is 0 Å². The van der Waals surface area contributed by atoms with E-state index in [1.807, 2.05) is 20.8 Å². The summed E-state index contributed by atoms with van der Waals surface area (Å²) in [6.45, 7) is 5.66. The van der Waals surface area contributed by atoms with Crippen LogP contribution >= 0.6 is 12.6 Å². The van der Waals surface area contributed by atoms with Gasteiger partial charge in [-0.05, 0) is 33.4 Å². The topological polar surface area (TPSA) is 29.1 Å². The number of rotatable bonds is 0. The summed E-state index contributed by atoms with van der Waals surface area (Å²) >= 11 is 4.28. The van der Waals surface area contributed by atoms with E-state index in [0.29, 0.717) is 0 Å². The summed E-state index contributed by atoms with van der Waals surface area (Å²) in [6, 6.07) is 0. The van der Waals surface area contributed by atoms with Gasteiger partial charge in [0.05, 0.1) is 0 Å². The molecular formula is C5H10NOS. The van der Waals surface area contributed by atoms with Crippen molar-refractivity contribution in [2.45, 2.75) is 26.3 Å². The number of amides is 1. The minimum atomic E-state index is -0.391. The van der Waals surface area contributed by atoms with Crippen molar-refractivity contribution in [1.29, 1.82) is 0 Å². The molecule has 0 fully saturated rings. The van der Waals surface area contributed by atoms with Gasteiger partial charge in [-0.3, -0.25) is 4.79 Å². The minimum Gasteiger partial charge on any atom is -0.339 e. The molecule has 0 heterocycles.